The molecule has 3 heterocycles. The van der Waals surface area contributed by atoms with Crippen molar-refractivity contribution in [3.05, 3.63) is 69.9 Å². The quantitative estimate of drug-likeness (QED) is 0.154. The smallest absolute Gasteiger partial charge is 0.382 e. The first kappa shape index (κ1) is 30.8. The lowest BCUT2D eigenvalue weighted by molar-refractivity contribution is -0.206. The van der Waals surface area contributed by atoms with E-state index in [1.807, 2.05) is 6.07 Å². The number of nitrogens with one attached hydrogen (secondary N) is 2. The number of hydrogen-bond donors (Lipinski definition) is 2. The second-order valence-electron chi connectivity index (χ2n) is 10.3. The average molecular weight is 611 g/mol. The maximum absolute atomic E-state index is 15.5. The van der Waals surface area contributed by atoms with Crippen LogP contribution in [0.4, 0.5) is 37.7 Å². The highest BCUT2D eigenvalue weighted by Gasteiger charge is 2.47. The lowest BCUT2D eigenvalue weighted by Crippen LogP contribution is -2.38. The molecule has 8 nitrogen and oxygen atoms in total. The molecule has 0 bridgehead atoms. The van der Waals surface area contributed by atoms with E-state index in [2.05, 4.69) is 30.9 Å². The summed E-state index contributed by atoms with van der Waals surface area (Å²) in [5, 5.41) is 23.4. The van der Waals surface area contributed by atoms with Crippen LogP contribution < -0.4 is 10.6 Å². The predicted octanol–water partition coefficient (Wildman–Crippen LogP) is 7.07. The number of aromatic nitrogens is 5. The number of nitriles is 1. The Morgan fingerprint density at radius 2 is 1.88 bits per heavy atom. The van der Waals surface area contributed by atoms with Crippen molar-refractivity contribution in [1.29, 1.82) is 5.26 Å². The molecule has 0 aliphatic carbocycles. The molecule has 1 aromatic carbocycles. The van der Waals surface area contributed by atoms with Crippen LogP contribution in [0.3, 0.4) is 0 Å². The third-order valence-corrected chi connectivity index (χ3v) is 7.10. The Morgan fingerprint density at radius 1 is 1.17 bits per heavy atom. The van der Waals surface area contributed by atoms with Crippen LogP contribution in [0.15, 0.2) is 30.5 Å². The number of aryl methyl sites for hydroxylation is 1. The van der Waals surface area contributed by atoms with Gasteiger partial charge >= 0.3 is 6.18 Å². The average Bonchev–Trinajstić information content (AvgIpc) is 3.30. The molecule has 42 heavy (non-hydrogen) atoms. The highest BCUT2D eigenvalue weighted by Crippen LogP contribution is 2.40. The SMILES string of the molecule is Cc1nc(F)ccc1C(Nc1cc(Cl)c2ncc(C#N)c(NCC(C)(C)C(F)(F)F)c2c1)c1nnn(C(C)CF)c1F. The topological polar surface area (TPSA) is 104 Å². The molecular weight excluding hydrogens is 586 g/mol. The third kappa shape index (κ3) is 5.92. The van der Waals surface area contributed by atoms with Gasteiger partial charge in [-0.05, 0) is 45.9 Å². The molecule has 0 aliphatic rings. The maximum Gasteiger partial charge on any atom is 0.395 e. The van der Waals surface area contributed by atoms with Crippen LogP contribution in [-0.2, 0) is 0 Å². The number of hydrogen-bond acceptors (Lipinski definition) is 7. The fourth-order valence-corrected chi connectivity index (χ4v) is 4.42. The second kappa shape index (κ2) is 11.6. The van der Waals surface area contributed by atoms with Crippen LogP contribution in [0.2, 0.25) is 5.02 Å². The molecule has 3 aromatic heterocycles. The van der Waals surface area contributed by atoms with Gasteiger partial charge in [-0.25, -0.2) is 14.1 Å². The monoisotopic (exact) mass is 610 g/mol. The van der Waals surface area contributed by atoms with Gasteiger partial charge in [-0.3, -0.25) is 4.98 Å². The summed E-state index contributed by atoms with van der Waals surface area (Å²) < 4.78 is 84.1. The standard InChI is InChI=1S/C27H25ClF6N8/c1-13(9-29)42-25(31)24(40-41-42)23(17-5-6-20(30)38-14(17)2)39-16-7-18-21(37-12-26(3,4)27(32,33)34)15(10-35)11-36-22(18)19(28)8-16/h5-8,11,13,23,39H,9,12H2,1-4H3,(H,36,37). The minimum atomic E-state index is -4.53. The minimum Gasteiger partial charge on any atom is -0.382 e. The van der Waals surface area contributed by atoms with Crippen LogP contribution >= 0.6 is 11.6 Å². The third-order valence-electron chi connectivity index (χ3n) is 6.81. The lowest BCUT2D eigenvalue weighted by Gasteiger charge is -2.28. The summed E-state index contributed by atoms with van der Waals surface area (Å²) in [6, 6.07) is 5.18. The Labute approximate surface area is 241 Å². The summed E-state index contributed by atoms with van der Waals surface area (Å²) in [6.07, 6.45) is -3.34. The van der Waals surface area contributed by atoms with Gasteiger partial charge in [-0.15, -0.1) is 5.10 Å². The zero-order chi connectivity index (χ0) is 31.0. The Bertz CT molecular complexity index is 1660. The highest BCUT2D eigenvalue weighted by molar-refractivity contribution is 6.35. The van der Waals surface area contributed by atoms with Crippen LogP contribution in [0.25, 0.3) is 10.9 Å². The van der Waals surface area contributed by atoms with E-state index in [-0.39, 0.29) is 44.3 Å². The van der Waals surface area contributed by atoms with Gasteiger partial charge in [-0.2, -0.15) is 27.2 Å². The largest absolute Gasteiger partial charge is 0.395 e. The molecule has 222 valence electrons. The summed E-state index contributed by atoms with van der Waals surface area (Å²) in [5.41, 5.74) is -1.45. The van der Waals surface area contributed by atoms with Crippen molar-refractivity contribution >= 4 is 33.9 Å². The summed E-state index contributed by atoms with van der Waals surface area (Å²) >= 11 is 6.51. The first-order valence-electron chi connectivity index (χ1n) is 12.6. The van der Waals surface area contributed by atoms with E-state index in [0.717, 1.165) is 24.6 Å². The molecule has 0 amide bonds. The van der Waals surface area contributed by atoms with Crippen molar-refractivity contribution < 1.29 is 26.3 Å². The number of halogens is 7. The predicted molar refractivity (Wildman–Crippen MR) is 145 cm³/mol. The van der Waals surface area contributed by atoms with Crippen LogP contribution in [0, 0.1) is 35.6 Å². The molecule has 4 aromatic rings. The molecule has 0 fully saturated rings. The highest BCUT2D eigenvalue weighted by atomic mass is 35.5. The number of pyridine rings is 2. The number of benzene rings is 1. The van der Waals surface area contributed by atoms with Crippen LogP contribution in [0.5, 0.6) is 0 Å². The molecular formula is C27H25ClF6N8. The number of rotatable bonds is 9. The van der Waals surface area contributed by atoms with Gasteiger partial charge < -0.3 is 10.6 Å². The van der Waals surface area contributed by atoms with Gasteiger partial charge in [0.25, 0.3) is 0 Å². The normalized spacial score (nSPS) is 13.6. The van der Waals surface area contributed by atoms with Crippen molar-refractivity contribution in [2.45, 2.75) is 46.0 Å². The molecule has 15 heteroatoms. The van der Waals surface area contributed by atoms with Crippen molar-refractivity contribution in [1.82, 2.24) is 25.0 Å². The molecule has 0 saturated carbocycles. The van der Waals surface area contributed by atoms with E-state index in [0.29, 0.717) is 5.56 Å². The molecule has 0 aliphatic heterocycles. The summed E-state index contributed by atoms with van der Waals surface area (Å²) in [6.45, 7) is 3.47. The Hall–Kier alpha value is -4.12. The van der Waals surface area contributed by atoms with E-state index >= 15 is 4.39 Å². The van der Waals surface area contributed by atoms with E-state index < -0.39 is 48.8 Å². The second-order valence-corrected chi connectivity index (χ2v) is 10.8. The van der Waals surface area contributed by atoms with E-state index in [1.54, 1.807) is 0 Å². The van der Waals surface area contributed by atoms with Gasteiger partial charge in [0.05, 0.1) is 33.2 Å². The van der Waals surface area contributed by atoms with Crippen molar-refractivity contribution in [2.24, 2.45) is 5.41 Å². The van der Waals surface area contributed by atoms with Crippen molar-refractivity contribution in [3.8, 4) is 6.07 Å². The molecule has 2 N–H and O–H groups in total. The Morgan fingerprint density at radius 3 is 2.50 bits per heavy atom. The van der Waals surface area contributed by atoms with E-state index in [4.69, 9.17) is 11.6 Å². The van der Waals surface area contributed by atoms with E-state index in [1.165, 1.54) is 38.2 Å². The first-order valence-corrected chi connectivity index (χ1v) is 12.9. The summed E-state index contributed by atoms with van der Waals surface area (Å²) in [5.74, 6) is -1.72. The molecule has 4 rings (SSSR count). The lowest BCUT2D eigenvalue weighted by atomic mass is 9.92. The fraction of sp³-hybridized carbons (Fsp3) is 0.370. The Balaban J connectivity index is 1.85. The van der Waals surface area contributed by atoms with Crippen molar-refractivity contribution in [2.75, 3.05) is 23.9 Å². The van der Waals surface area contributed by atoms with Gasteiger partial charge in [0.1, 0.15) is 24.5 Å². The fourth-order valence-electron chi connectivity index (χ4n) is 4.15. The zero-order valence-electron chi connectivity index (χ0n) is 22.8. The number of nitrogens with zero attached hydrogens (tertiary/aromatic N) is 6. The molecule has 2 unspecified atom stereocenters. The molecule has 0 radical (unpaired) electrons. The number of fused-ring (bicyclic) bond motifs is 1. The molecule has 2 atom stereocenters. The number of alkyl halides is 4. The maximum atomic E-state index is 15.5. The van der Waals surface area contributed by atoms with Crippen LogP contribution in [0.1, 0.15) is 55.4 Å². The first-order chi connectivity index (χ1) is 19.7. The Kier molecular flexibility index (Phi) is 8.54. The molecule has 0 saturated heterocycles. The minimum absolute atomic E-state index is 0.0296. The summed E-state index contributed by atoms with van der Waals surface area (Å²) in [7, 11) is 0. The van der Waals surface area contributed by atoms with Crippen LogP contribution in [-0.4, -0.2) is 44.4 Å². The van der Waals surface area contributed by atoms with Gasteiger partial charge in [0.2, 0.25) is 11.9 Å². The van der Waals surface area contributed by atoms with Gasteiger partial charge in [0.15, 0.2) is 0 Å². The van der Waals surface area contributed by atoms with Gasteiger partial charge in [0, 0.05) is 35.1 Å². The zero-order valence-corrected chi connectivity index (χ0v) is 23.5. The molecule has 0 spiro atoms. The van der Waals surface area contributed by atoms with Crippen molar-refractivity contribution in [3.63, 3.8) is 0 Å². The van der Waals surface area contributed by atoms with E-state index in [9.17, 15) is 27.2 Å². The van der Waals surface area contributed by atoms with Gasteiger partial charge in [-0.1, -0.05) is 22.9 Å². The number of anilines is 2. The summed E-state index contributed by atoms with van der Waals surface area (Å²) in [4.78, 5) is 8.00.